The van der Waals surface area contributed by atoms with Gasteiger partial charge in [-0.25, -0.2) is 4.98 Å². The fourth-order valence-corrected chi connectivity index (χ4v) is 2.80. The van der Waals surface area contributed by atoms with Gasteiger partial charge < -0.3 is 9.30 Å². The summed E-state index contributed by atoms with van der Waals surface area (Å²) >= 11 is 0. The third-order valence-corrected chi connectivity index (χ3v) is 3.76. The molecule has 4 heteroatoms. The number of carbonyl (C=O) groups is 1. The van der Waals surface area contributed by atoms with Gasteiger partial charge in [0.25, 0.3) is 5.91 Å². The van der Waals surface area contributed by atoms with E-state index in [1.54, 1.807) is 0 Å². The summed E-state index contributed by atoms with van der Waals surface area (Å²) in [6.07, 6.45) is 6.17. The maximum atomic E-state index is 12.5. The monoisotopic (exact) mass is 257 g/mol. The smallest absolute Gasteiger partial charge is 0.255 e. The highest BCUT2D eigenvalue weighted by Crippen LogP contribution is 2.18. The molecule has 19 heavy (non-hydrogen) atoms. The number of fused-ring (bicyclic) bond motifs is 1. The van der Waals surface area contributed by atoms with Crippen molar-refractivity contribution >= 4 is 11.6 Å². The second-order valence-corrected chi connectivity index (χ2v) is 5.56. The summed E-state index contributed by atoms with van der Waals surface area (Å²) in [5.74, 6) is 0.747. The Kier molecular flexibility index (Phi) is 3.01. The van der Waals surface area contributed by atoms with Crippen molar-refractivity contribution in [1.29, 1.82) is 0 Å². The van der Waals surface area contributed by atoms with Gasteiger partial charge in [0.2, 0.25) is 0 Å². The summed E-state index contributed by atoms with van der Waals surface area (Å²) in [5, 5.41) is 0. The Morgan fingerprint density at radius 1 is 1.37 bits per heavy atom. The van der Waals surface area contributed by atoms with Crippen LogP contribution in [0.3, 0.4) is 0 Å². The van der Waals surface area contributed by atoms with Crippen LogP contribution in [0.2, 0.25) is 0 Å². The van der Waals surface area contributed by atoms with Gasteiger partial charge in [-0.15, -0.1) is 0 Å². The van der Waals surface area contributed by atoms with Gasteiger partial charge in [-0.2, -0.15) is 0 Å². The Hall–Kier alpha value is -1.84. The van der Waals surface area contributed by atoms with Crippen LogP contribution in [0.5, 0.6) is 0 Å². The number of nitrogens with zero attached hydrogens (tertiary/aromatic N) is 3. The van der Waals surface area contributed by atoms with Crippen LogP contribution in [0, 0.1) is 12.8 Å². The Morgan fingerprint density at radius 3 is 3.00 bits per heavy atom. The van der Waals surface area contributed by atoms with Gasteiger partial charge in [-0.1, -0.05) is 6.92 Å². The Labute approximate surface area is 113 Å². The molecule has 1 aliphatic rings. The molecule has 1 unspecified atom stereocenters. The molecule has 3 heterocycles. The van der Waals surface area contributed by atoms with E-state index in [4.69, 9.17) is 0 Å². The predicted octanol–water partition coefficient (Wildman–Crippen LogP) is 2.51. The SMILES string of the molecule is Cc1cn2cc(C(=O)N3CCCC(C)C3)ccc2n1. The molecule has 100 valence electrons. The first-order valence-electron chi connectivity index (χ1n) is 6.88. The van der Waals surface area contributed by atoms with E-state index in [-0.39, 0.29) is 5.91 Å². The molecule has 0 N–H and O–H groups in total. The van der Waals surface area contributed by atoms with E-state index in [0.717, 1.165) is 36.4 Å². The second-order valence-electron chi connectivity index (χ2n) is 5.56. The number of hydrogen-bond donors (Lipinski definition) is 0. The molecule has 1 atom stereocenters. The normalized spacial score (nSPS) is 19.9. The first-order valence-corrected chi connectivity index (χ1v) is 6.88. The molecular formula is C15H19N3O. The van der Waals surface area contributed by atoms with E-state index in [2.05, 4.69) is 11.9 Å². The van der Waals surface area contributed by atoms with Crippen molar-refractivity contribution in [2.24, 2.45) is 5.92 Å². The van der Waals surface area contributed by atoms with Gasteiger partial charge in [0.15, 0.2) is 0 Å². The highest BCUT2D eigenvalue weighted by molar-refractivity contribution is 5.94. The number of aryl methyl sites for hydroxylation is 1. The third-order valence-electron chi connectivity index (χ3n) is 3.76. The maximum absolute atomic E-state index is 12.5. The fraction of sp³-hybridized carbons (Fsp3) is 0.467. The van der Waals surface area contributed by atoms with Gasteiger partial charge in [0, 0.05) is 25.5 Å². The van der Waals surface area contributed by atoms with Crippen molar-refractivity contribution in [3.05, 3.63) is 35.8 Å². The van der Waals surface area contributed by atoms with E-state index >= 15 is 0 Å². The maximum Gasteiger partial charge on any atom is 0.255 e. The average molecular weight is 257 g/mol. The first kappa shape index (κ1) is 12.2. The standard InChI is InChI=1S/C15H19N3O/c1-11-4-3-7-17(8-11)15(19)13-5-6-14-16-12(2)9-18(14)10-13/h5-6,9-11H,3-4,7-8H2,1-2H3. The van der Waals surface area contributed by atoms with E-state index in [9.17, 15) is 4.79 Å². The van der Waals surface area contributed by atoms with Crippen molar-refractivity contribution in [1.82, 2.24) is 14.3 Å². The van der Waals surface area contributed by atoms with Crippen molar-refractivity contribution in [2.45, 2.75) is 26.7 Å². The summed E-state index contributed by atoms with van der Waals surface area (Å²) in [4.78, 5) is 18.8. The van der Waals surface area contributed by atoms with Crippen LogP contribution in [0.4, 0.5) is 0 Å². The molecule has 0 radical (unpaired) electrons. The molecule has 0 saturated carbocycles. The molecule has 0 aromatic carbocycles. The van der Waals surface area contributed by atoms with Crippen molar-refractivity contribution in [3.8, 4) is 0 Å². The Bertz CT molecular complexity index is 617. The van der Waals surface area contributed by atoms with Gasteiger partial charge >= 0.3 is 0 Å². The first-order chi connectivity index (χ1) is 9.13. The van der Waals surface area contributed by atoms with Crippen molar-refractivity contribution < 1.29 is 4.79 Å². The lowest BCUT2D eigenvalue weighted by atomic mass is 10.00. The zero-order valence-corrected chi connectivity index (χ0v) is 11.5. The van der Waals surface area contributed by atoms with Crippen LogP contribution in [0.25, 0.3) is 5.65 Å². The minimum Gasteiger partial charge on any atom is -0.338 e. The number of piperidine rings is 1. The van der Waals surface area contributed by atoms with E-state index in [0.29, 0.717) is 5.92 Å². The van der Waals surface area contributed by atoms with Crippen LogP contribution < -0.4 is 0 Å². The lowest BCUT2D eigenvalue weighted by molar-refractivity contribution is 0.0682. The summed E-state index contributed by atoms with van der Waals surface area (Å²) in [6.45, 7) is 5.92. The fourth-order valence-electron chi connectivity index (χ4n) is 2.80. The van der Waals surface area contributed by atoms with Gasteiger partial charge in [-0.3, -0.25) is 4.79 Å². The van der Waals surface area contributed by atoms with Crippen LogP contribution in [0.1, 0.15) is 35.8 Å². The number of likely N-dealkylation sites (tertiary alicyclic amines) is 1. The summed E-state index contributed by atoms with van der Waals surface area (Å²) < 4.78 is 1.93. The van der Waals surface area contributed by atoms with Gasteiger partial charge in [-0.05, 0) is 37.8 Å². The molecule has 1 amide bonds. The average Bonchev–Trinajstić information content (AvgIpc) is 2.76. The lowest BCUT2D eigenvalue weighted by Gasteiger charge is -2.31. The van der Waals surface area contributed by atoms with Gasteiger partial charge in [0.05, 0.1) is 11.3 Å². The number of amides is 1. The molecule has 2 aromatic rings. The minimum absolute atomic E-state index is 0.139. The Balaban J connectivity index is 1.88. The number of pyridine rings is 1. The Morgan fingerprint density at radius 2 is 2.21 bits per heavy atom. The van der Waals surface area contributed by atoms with Crippen molar-refractivity contribution in [3.63, 3.8) is 0 Å². The molecule has 1 fully saturated rings. The van der Waals surface area contributed by atoms with E-state index in [1.807, 2.05) is 40.8 Å². The predicted molar refractivity (Wildman–Crippen MR) is 74.2 cm³/mol. The minimum atomic E-state index is 0.139. The van der Waals surface area contributed by atoms with Crippen LogP contribution in [-0.2, 0) is 0 Å². The van der Waals surface area contributed by atoms with Crippen LogP contribution in [0.15, 0.2) is 24.5 Å². The highest BCUT2D eigenvalue weighted by atomic mass is 16.2. The molecule has 4 nitrogen and oxygen atoms in total. The largest absolute Gasteiger partial charge is 0.338 e. The third kappa shape index (κ3) is 2.35. The topological polar surface area (TPSA) is 37.6 Å². The summed E-state index contributed by atoms with van der Waals surface area (Å²) in [6, 6.07) is 3.79. The molecule has 0 spiro atoms. The molecule has 1 saturated heterocycles. The number of hydrogen-bond acceptors (Lipinski definition) is 2. The summed E-state index contributed by atoms with van der Waals surface area (Å²) in [5.41, 5.74) is 2.61. The summed E-state index contributed by atoms with van der Waals surface area (Å²) in [7, 11) is 0. The van der Waals surface area contributed by atoms with E-state index < -0.39 is 0 Å². The number of aromatic nitrogens is 2. The number of carbonyl (C=O) groups excluding carboxylic acids is 1. The van der Waals surface area contributed by atoms with Crippen LogP contribution in [-0.4, -0.2) is 33.3 Å². The molecular weight excluding hydrogens is 238 g/mol. The molecule has 2 aromatic heterocycles. The molecule has 0 bridgehead atoms. The molecule has 1 aliphatic heterocycles. The van der Waals surface area contributed by atoms with E-state index in [1.165, 1.54) is 6.42 Å². The zero-order valence-electron chi connectivity index (χ0n) is 11.5. The van der Waals surface area contributed by atoms with Crippen LogP contribution >= 0.6 is 0 Å². The lowest BCUT2D eigenvalue weighted by Crippen LogP contribution is -2.39. The van der Waals surface area contributed by atoms with Gasteiger partial charge in [0.1, 0.15) is 5.65 Å². The quantitative estimate of drug-likeness (QED) is 0.787. The highest BCUT2D eigenvalue weighted by Gasteiger charge is 2.22. The van der Waals surface area contributed by atoms with Crippen molar-refractivity contribution in [2.75, 3.05) is 13.1 Å². The molecule has 3 rings (SSSR count). The molecule has 0 aliphatic carbocycles. The second kappa shape index (κ2) is 4.68. The number of rotatable bonds is 1. The zero-order chi connectivity index (χ0) is 13.4. The number of imidazole rings is 1.